The zero-order chi connectivity index (χ0) is 21.4. The minimum Gasteiger partial charge on any atom is -0.410 e. The molecule has 0 amide bonds. The van der Waals surface area contributed by atoms with Crippen molar-refractivity contribution in [2.24, 2.45) is 0 Å². The van der Waals surface area contributed by atoms with Gasteiger partial charge in [0.25, 0.3) is 0 Å². The van der Waals surface area contributed by atoms with Gasteiger partial charge in [0.2, 0.25) is 9.84 Å². The summed E-state index contributed by atoms with van der Waals surface area (Å²) in [5.41, 5.74) is 0.970. The Morgan fingerprint density at radius 1 is 1.25 bits per heavy atom. The van der Waals surface area contributed by atoms with Gasteiger partial charge in [-0.2, -0.15) is 0 Å². The lowest BCUT2D eigenvalue weighted by Gasteiger charge is -2.40. The molecule has 0 saturated carbocycles. The van der Waals surface area contributed by atoms with Crippen LogP contribution in [0.1, 0.15) is 46.5 Å². The fourth-order valence-electron chi connectivity index (χ4n) is 2.34. The number of hydrogen-bond donors (Lipinski definition) is 0. The molecule has 0 saturated heterocycles. The molecule has 0 aromatic heterocycles. The predicted molar refractivity (Wildman–Crippen MR) is 121 cm³/mol. The molecule has 0 fully saturated rings. The summed E-state index contributed by atoms with van der Waals surface area (Å²) in [7, 11) is -5.50. The minimum atomic E-state index is -3.57. The summed E-state index contributed by atoms with van der Waals surface area (Å²) < 4.78 is 31.0. The summed E-state index contributed by atoms with van der Waals surface area (Å²) >= 11 is 0. The van der Waals surface area contributed by atoms with E-state index in [4.69, 9.17) is 4.43 Å². The lowest BCUT2D eigenvalue weighted by molar-refractivity contribution is 0.202. The summed E-state index contributed by atoms with van der Waals surface area (Å²) in [6.45, 7) is 19.1. The van der Waals surface area contributed by atoms with E-state index in [0.717, 1.165) is 18.4 Å². The van der Waals surface area contributed by atoms with Gasteiger partial charge < -0.3 is 4.43 Å². The molecule has 1 aromatic carbocycles. The van der Waals surface area contributed by atoms with Crippen molar-refractivity contribution >= 4 is 18.2 Å². The van der Waals surface area contributed by atoms with E-state index >= 15 is 0 Å². The highest BCUT2D eigenvalue weighted by Gasteiger charge is 2.39. The van der Waals surface area contributed by atoms with Gasteiger partial charge in [0.05, 0.1) is 11.0 Å². The molecular weight excluding hydrogens is 384 g/mol. The van der Waals surface area contributed by atoms with Gasteiger partial charge in [0.15, 0.2) is 8.32 Å². The number of sulfone groups is 1. The SMILES string of the molecule is C=CCCC(O[Si](C)(C)C(C)(C)C)C(=C)CCC#CS(=O)(=O)c1ccccc1. The van der Waals surface area contributed by atoms with Crippen molar-refractivity contribution in [2.45, 2.75) is 75.6 Å². The third-order valence-corrected chi connectivity index (χ3v) is 11.0. The standard InChI is InChI=1S/C23H34O3SSi/c1-8-9-18-22(26-28(6,7)23(3,4)5)20(2)15-13-14-19-27(24,25)21-16-11-10-12-17-21/h8,10-12,16-17,22H,1-2,9,13,15,18H2,3-7H3. The van der Waals surface area contributed by atoms with Crippen LogP contribution in [0.15, 0.2) is 60.0 Å². The van der Waals surface area contributed by atoms with Crippen LogP contribution in [0.5, 0.6) is 0 Å². The van der Waals surface area contributed by atoms with E-state index in [0.29, 0.717) is 12.8 Å². The maximum Gasteiger partial charge on any atom is 0.245 e. The van der Waals surface area contributed by atoms with Crippen molar-refractivity contribution in [1.82, 2.24) is 0 Å². The van der Waals surface area contributed by atoms with Crippen LogP contribution in [0.2, 0.25) is 18.1 Å². The zero-order valence-electron chi connectivity index (χ0n) is 17.9. The summed E-state index contributed by atoms with van der Waals surface area (Å²) in [6, 6.07) is 8.28. The summed E-state index contributed by atoms with van der Waals surface area (Å²) in [5, 5.41) is 2.53. The van der Waals surface area contributed by atoms with Gasteiger partial charge in [-0.05, 0) is 55.1 Å². The fraction of sp³-hybridized carbons (Fsp3) is 0.478. The molecule has 0 N–H and O–H groups in total. The molecule has 1 aromatic rings. The Hall–Kier alpha value is -1.61. The van der Waals surface area contributed by atoms with Gasteiger partial charge in [-0.15, -0.1) is 6.58 Å². The smallest absolute Gasteiger partial charge is 0.245 e. The maximum atomic E-state index is 12.2. The number of rotatable bonds is 9. The van der Waals surface area contributed by atoms with Gasteiger partial charge in [-0.25, -0.2) is 8.42 Å². The van der Waals surface area contributed by atoms with Crippen molar-refractivity contribution in [3.05, 3.63) is 55.1 Å². The summed E-state index contributed by atoms with van der Waals surface area (Å²) in [6.07, 6.45) is 4.59. The molecule has 3 nitrogen and oxygen atoms in total. The van der Waals surface area contributed by atoms with Gasteiger partial charge in [-0.3, -0.25) is 0 Å². The molecule has 1 atom stereocenters. The van der Waals surface area contributed by atoms with Crippen LogP contribution < -0.4 is 0 Å². The molecule has 28 heavy (non-hydrogen) atoms. The monoisotopic (exact) mass is 418 g/mol. The molecular formula is C23H34O3SSi. The molecule has 0 heterocycles. The van der Waals surface area contributed by atoms with Crippen LogP contribution in [-0.2, 0) is 14.3 Å². The van der Waals surface area contributed by atoms with E-state index in [1.165, 1.54) is 0 Å². The molecule has 1 rings (SSSR count). The van der Waals surface area contributed by atoms with Gasteiger partial charge in [0.1, 0.15) is 0 Å². The second-order valence-electron chi connectivity index (χ2n) is 8.49. The average molecular weight is 419 g/mol. The molecule has 154 valence electrons. The Balaban J connectivity index is 2.78. The van der Waals surface area contributed by atoms with E-state index in [1.54, 1.807) is 30.3 Å². The van der Waals surface area contributed by atoms with Crippen molar-refractivity contribution < 1.29 is 12.8 Å². The first-order valence-corrected chi connectivity index (χ1v) is 14.1. The van der Waals surface area contributed by atoms with Crippen molar-refractivity contribution in [1.29, 1.82) is 0 Å². The van der Waals surface area contributed by atoms with Gasteiger partial charge in [0, 0.05) is 11.7 Å². The molecule has 0 bridgehead atoms. The Bertz CT molecular complexity index is 822. The Labute approximate surface area is 172 Å². The molecule has 0 aliphatic carbocycles. The van der Waals surface area contributed by atoms with Crippen LogP contribution in [0.25, 0.3) is 0 Å². The van der Waals surface area contributed by atoms with Gasteiger partial charge in [-0.1, -0.05) is 57.5 Å². The Morgan fingerprint density at radius 3 is 2.39 bits per heavy atom. The van der Waals surface area contributed by atoms with Crippen LogP contribution >= 0.6 is 0 Å². The normalized spacial score (nSPS) is 13.3. The molecule has 0 radical (unpaired) electrons. The highest BCUT2D eigenvalue weighted by Crippen LogP contribution is 2.38. The molecule has 1 unspecified atom stereocenters. The summed E-state index contributed by atoms with van der Waals surface area (Å²) in [4.78, 5) is 0.228. The average Bonchev–Trinajstić information content (AvgIpc) is 2.61. The topological polar surface area (TPSA) is 43.4 Å². The highest BCUT2D eigenvalue weighted by molar-refractivity contribution is 7.96. The van der Waals surface area contributed by atoms with E-state index in [9.17, 15) is 8.42 Å². The van der Waals surface area contributed by atoms with E-state index in [2.05, 4.69) is 58.2 Å². The predicted octanol–water partition coefficient (Wildman–Crippen LogP) is 6.11. The van der Waals surface area contributed by atoms with E-state index in [-0.39, 0.29) is 16.0 Å². The van der Waals surface area contributed by atoms with Crippen molar-refractivity contribution in [3.63, 3.8) is 0 Å². The van der Waals surface area contributed by atoms with E-state index < -0.39 is 18.2 Å². The van der Waals surface area contributed by atoms with Crippen LogP contribution in [0, 0.1) is 11.2 Å². The maximum absolute atomic E-state index is 12.2. The van der Waals surface area contributed by atoms with E-state index in [1.807, 2.05) is 6.08 Å². The molecule has 0 aliphatic heterocycles. The quantitative estimate of drug-likeness (QED) is 0.210. The lowest BCUT2D eigenvalue weighted by atomic mass is 10.0. The first-order valence-electron chi connectivity index (χ1n) is 9.67. The largest absolute Gasteiger partial charge is 0.410 e. The van der Waals surface area contributed by atoms with Crippen LogP contribution in [-0.4, -0.2) is 22.8 Å². The number of benzene rings is 1. The fourth-order valence-corrected chi connectivity index (χ4v) is 4.61. The first kappa shape index (κ1) is 24.4. The molecule has 0 aliphatic rings. The Morgan fingerprint density at radius 2 is 1.86 bits per heavy atom. The number of allylic oxidation sites excluding steroid dienone is 1. The highest BCUT2D eigenvalue weighted by atomic mass is 32.2. The second kappa shape index (κ2) is 10.2. The van der Waals surface area contributed by atoms with Crippen LogP contribution in [0.4, 0.5) is 0 Å². The minimum absolute atomic E-state index is 0.0496. The van der Waals surface area contributed by atoms with Crippen molar-refractivity contribution in [3.8, 4) is 11.2 Å². The van der Waals surface area contributed by atoms with Gasteiger partial charge >= 0.3 is 0 Å². The number of hydrogen-bond acceptors (Lipinski definition) is 3. The third kappa shape index (κ3) is 7.42. The first-order chi connectivity index (χ1) is 12.9. The third-order valence-electron chi connectivity index (χ3n) is 5.16. The molecule has 0 spiro atoms. The zero-order valence-corrected chi connectivity index (χ0v) is 19.7. The molecule has 5 heteroatoms. The van der Waals surface area contributed by atoms with Crippen molar-refractivity contribution in [2.75, 3.05) is 0 Å². The second-order valence-corrected chi connectivity index (χ2v) is 14.9. The van der Waals surface area contributed by atoms with Crippen LogP contribution in [0.3, 0.4) is 0 Å². The lowest BCUT2D eigenvalue weighted by Crippen LogP contribution is -2.44. The summed E-state index contributed by atoms with van der Waals surface area (Å²) in [5.74, 6) is 2.80. The Kier molecular flexibility index (Phi) is 8.94.